The van der Waals surface area contributed by atoms with E-state index < -0.39 is 0 Å². The summed E-state index contributed by atoms with van der Waals surface area (Å²) in [5, 5.41) is 0. The second-order valence-electron chi connectivity index (χ2n) is 7.57. The summed E-state index contributed by atoms with van der Waals surface area (Å²) in [4.78, 5) is 12.5. The van der Waals surface area contributed by atoms with Gasteiger partial charge in [-0.3, -0.25) is 4.79 Å². The van der Waals surface area contributed by atoms with Crippen LogP contribution in [0.15, 0.2) is 54.6 Å². The van der Waals surface area contributed by atoms with Gasteiger partial charge in [-0.05, 0) is 40.9 Å². The van der Waals surface area contributed by atoms with Crippen LogP contribution < -0.4 is 0 Å². The predicted octanol–water partition coefficient (Wildman–Crippen LogP) is 5.64. The molecule has 2 aromatic rings. The molecular formula is C22H26O. The van der Waals surface area contributed by atoms with Crippen molar-refractivity contribution in [1.29, 1.82) is 0 Å². The van der Waals surface area contributed by atoms with Gasteiger partial charge in [0.25, 0.3) is 0 Å². The van der Waals surface area contributed by atoms with Crippen LogP contribution in [-0.2, 0) is 10.2 Å². The zero-order valence-corrected chi connectivity index (χ0v) is 14.4. The third-order valence-corrected chi connectivity index (χ3v) is 5.49. The molecule has 1 nitrogen and oxygen atoms in total. The van der Waals surface area contributed by atoms with Gasteiger partial charge >= 0.3 is 0 Å². The van der Waals surface area contributed by atoms with Crippen molar-refractivity contribution in [1.82, 2.24) is 0 Å². The van der Waals surface area contributed by atoms with Gasteiger partial charge in [0.15, 0.2) is 0 Å². The first-order valence-corrected chi connectivity index (χ1v) is 8.67. The molecule has 1 aliphatic carbocycles. The lowest BCUT2D eigenvalue weighted by Gasteiger charge is -2.38. The van der Waals surface area contributed by atoms with E-state index in [1.54, 1.807) is 0 Å². The Labute approximate surface area is 139 Å². The zero-order valence-electron chi connectivity index (χ0n) is 14.4. The molecule has 1 saturated carbocycles. The van der Waals surface area contributed by atoms with Gasteiger partial charge in [0.05, 0.1) is 0 Å². The second kappa shape index (κ2) is 6.31. The smallest absolute Gasteiger partial charge is 0.137 e. The molecule has 120 valence electrons. The maximum absolute atomic E-state index is 12.5. The Morgan fingerprint density at radius 3 is 2.09 bits per heavy atom. The zero-order chi connectivity index (χ0) is 16.4. The molecule has 0 radical (unpaired) electrons. The van der Waals surface area contributed by atoms with Crippen LogP contribution in [-0.4, -0.2) is 5.78 Å². The first-order valence-electron chi connectivity index (χ1n) is 8.67. The first-order chi connectivity index (χ1) is 11.0. The van der Waals surface area contributed by atoms with Crippen LogP contribution >= 0.6 is 0 Å². The van der Waals surface area contributed by atoms with Crippen molar-refractivity contribution in [3.8, 4) is 11.1 Å². The molecule has 0 unspecified atom stereocenters. The Morgan fingerprint density at radius 1 is 0.870 bits per heavy atom. The molecule has 1 aliphatic rings. The number of Topliss-reactive ketones (excluding diaryl/α,β-unsaturated/α-hetero) is 1. The molecule has 0 heterocycles. The van der Waals surface area contributed by atoms with E-state index in [-0.39, 0.29) is 11.3 Å². The number of carbonyl (C=O) groups excluding carboxylic acids is 1. The fraction of sp³-hybridized carbons (Fsp3) is 0.409. The molecule has 2 aromatic carbocycles. The Kier molecular flexibility index (Phi) is 4.39. The van der Waals surface area contributed by atoms with Crippen molar-refractivity contribution >= 4 is 5.78 Å². The number of rotatable bonds is 3. The van der Waals surface area contributed by atoms with Gasteiger partial charge in [-0.2, -0.15) is 0 Å². The number of hydrogen-bond acceptors (Lipinski definition) is 1. The van der Waals surface area contributed by atoms with Gasteiger partial charge in [-0.15, -0.1) is 0 Å². The first kappa shape index (κ1) is 16.0. The second-order valence-corrected chi connectivity index (χ2v) is 7.57. The maximum Gasteiger partial charge on any atom is 0.137 e. The molecule has 3 rings (SSSR count). The van der Waals surface area contributed by atoms with Crippen molar-refractivity contribution in [3.63, 3.8) is 0 Å². The normalized spacial score (nSPS) is 22.1. The largest absolute Gasteiger partial charge is 0.299 e. The highest BCUT2D eigenvalue weighted by Gasteiger charge is 2.38. The summed E-state index contributed by atoms with van der Waals surface area (Å²) in [6.45, 7) is 6.64. The van der Waals surface area contributed by atoms with Crippen LogP contribution in [0, 0.1) is 11.8 Å². The summed E-state index contributed by atoms with van der Waals surface area (Å²) >= 11 is 0. The van der Waals surface area contributed by atoms with Crippen LogP contribution in [0.25, 0.3) is 11.1 Å². The lowest BCUT2D eigenvalue weighted by atomic mass is 9.65. The monoisotopic (exact) mass is 306 g/mol. The van der Waals surface area contributed by atoms with Gasteiger partial charge in [0.2, 0.25) is 0 Å². The highest BCUT2D eigenvalue weighted by atomic mass is 16.1. The maximum atomic E-state index is 12.5. The van der Waals surface area contributed by atoms with E-state index in [1.807, 2.05) is 6.07 Å². The SMILES string of the molecule is C[C@@H]1CC[C@@H](C(C)(C)c2ccc(-c3ccccc3)cc2)C(=O)C1. The molecule has 0 bridgehead atoms. The summed E-state index contributed by atoms with van der Waals surface area (Å²) in [6.07, 6.45) is 2.94. The number of benzene rings is 2. The number of ketones is 1. The summed E-state index contributed by atoms with van der Waals surface area (Å²) in [5.74, 6) is 1.15. The Bertz CT molecular complexity index is 667. The summed E-state index contributed by atoms with van der Waals surface area (Å²) in [7, 11) is 0. The van der Waals surface area contributed by atoms with Crippen molar-refractivity contribution in [3.05, 3.63) is 60.2 Å². The molecule has 0 N–H and O–H groups in total. The minimum atomic E-state index is -0.0908. The minimum absolute atomic E-state index is 0.0908. The van der Waals surface area contributed by atoms with Crippen LogP contribution in [0.3, 0.4) is 0 Å². The van der Waals surface area contributed by atoms with Gasteiger partial charge in [0.1, 0.15) is 5.78 Å². The van der Waals surface area contributed by atoms with E-state index in [1.165, 1.54) is 23.1 Å². The summed E-state index contributed by atoms with van der Waals surface area (Å²) < 4.78 is 0. The highest BCUT2D eigenvalue weighted by Crippen LogP contribution is 2.40. The summed E-state index contributed by atoms with van der Waals surface area (Å²) in [6, 6.07) is 19.2. The minimum Gasteiger partial charge on any atom is -0.299 e. The highest BCUT2D eigenvalue weighted by molar-refractivity contribution is 5.83. The van der Waals surface area contributed by atoms with E-state index in [4.69, 9.17) is 0 Å². The van der Waals surface area contributed by atoms with Gasteiger partial charge in [-0.25, -0.2) is 0 Å². The van der Waals surface area contributed by atoms with Gasteiger partial charge in [-0.1, -0.05) is 75.4 Å². The Balaban J connectivity index is 1.84. The fourth-order valence-corrected chi connectivity index (χ4v) is 3.89. The van der Waals surface area contributed by atoms with Gasteiger partial charge < -0.3 is 0 Å². The third-order valence-electron chi connectivity index (χ3n) is 5.49. The van der Waals surface area contributed by atoms with E-state index >= 15 is 0 Å². The molecule has 0 spiro atoms. The average Bonchev–Trinajstić information content (AvgIpc) is 2.55. The Hall–Kier alpha value is -1.89. The average molecular weight is 306 g/mol. The molecular weight excluding hydrogens is 280 g/mol. The van der Waals surface area contributed by atoms with Crippen LogP contribution in [0.4, 0.5) is 0 Å². The van der Waals surface area contributed by atoms with E-state index in [9.17, 15) is 4.79 Å². The van der Waals surface area contributed by atoms with Crippen molar-refractivity contribution in [2.24, 2.45) is 11.8 Å². The van der Waals surface area contributed by atoms with Crippen molar-refractivity contribution in [2.45, 2.75) is 45.4 Å². The molecule has 0 saturated heterocycles. The number of carbonyl (C=O) groups is 1. The van der Waals surface area contributed by atoms with Crippen molar-refractivity contribution in [2.75, 3.05) is 0 Å². The predicted molar refractivity (Wildman–Crippen MR) is 96.4 cm³/mol. The molecule has 0 aliphatic heterocycles. The lowest BCUT2D eigenvalue weighted by Crippen LogP contribution is -2.38. The molecule has 0 aromatic heterocycles. The van der Waals surface area contributed by atoms with Crippen LogP contribution in [0.1, 0.15) is 45.6 Å². The standard InChI is InChI=1S/C22H26O/c1-16-9-14-20(21(23)15-16)22(2,3)19-12-10-18(11-13-19)17-7-5-4-6-8-17/h4-8,10-13,16,20H,9,14-15H2,1-3H3/t16-,20-/m1/s1. The van der Waals surface area contributed by atoms with Crippen LogP contribution in [0.2, 0.25) is 0 Å². The lowest BCUT2D eigenvalue weighted by molar-refractivity contribution is -0.128. The van der Waals surface area contributed by atoms with Gasteiger partial charge in [0, 0.05) is 12.3 Å². The van der Waals surface area contributed by atoms with E-state index in [0.29, 0.717) is 11.7 Å². The third kappa shape index (κ3) is 3.24. The fourth-order valence-electron chi connectivity index (χ4n) is 3.89. The van der Waals surface area contributed by atoms with Crippen molar-refractivity contribution < 1.29 is 4.79 Å². The quantitative estimate of drug-likeness (QED) is 0.717. The Morgan fingerprint density at radius 2 is 1.48 bits per heavy atom. The molecule has 1 heteroatoms. The molecule has 2 atom stereocenters. The summed E-state index contributed by atoms with van der Waals surface area (Å²) in [5.41, 5.74) is 3.64. The van der Waals surface area contributed by atoms with E-state index in [0.717, 1.165) is 12.8 Å². The number of hydrogen-bond donors (Lipinski definition) is 0. The van der Waals surface area contributed by atoms with Crippen LogP contribution in [0.5, 0.6) is 0 Å². The topological polar surface area (TPSA) is 17.1 Å². The van der Waals surface area contributed by atoms with E-state index in [2.05, 4.69) is 69.3 Å². The molecule has 0 amide bonds. The molecule has 23 heavy (non-hydrogen) atoms. The molecule has 1 fully saturated rings.